The van der Waals surface area contributed by atoms with E-state index in [1.54, 1.807) is 0 Å². The van der Waals surface area contributed by atoms with Crippen LogP contribution in [0.5, 0.6) is 0 Å². The summed E-state index contributed by atoms with van der Waals surface area (Å²) in [6.45, 7) is 5.39. The van der Waals surface area contributed by atoms with Crippen LogP contribution in [0.25, 0.3) is 0 Å². The summed E-state index contributed by atoms with van der Waals surface area (Å²) in [4.78, 5) is 2.47. The Morgan fingerprint density at radius 1 is 1.40 bits per heavy atom. The van der Waals surface area contributed by atoms with Gasteiger partial charge < -0.3 is 15.8 Å². The molecule has 0 spiro atoms. The van der Waals surface area contributed by atoms with E-state index in [4.69, 9.17) is 10.9 Å². The van der Waals surface area contributed by atoms with Crippen LogP contribution in [-0.2, 0) is 0 Å². The van der Waals surface area contributed by atoms with Crippen molar-refractivity contribution in [1.29, 1.82) is 0 Å². The maximum absolute atomic E-state index is 9.03. The number of para-hydroxylation sites is 1. The molecule has 1 heterocycles. The quantitative estimate of drug-likeness (QED) is 0.385. The molecule has 0 saturated carbocycles. The lowest BCUT2D eigenvalue weighted by Gasteiger charge is -2.34. The summed E-state index contributed by atoms with van der Waals surface area (Å²) in [6, 6.07) is 6.55. The molecule has 1 aromatic carbocycles. The molecule has 1 fully saturated rings. The number of oxime groups is 1. The molecule has 110 valence electrons. The van der Waals surface area contributed by atoms with E-state index in [9.17, 15) is 0 Å². The smallest absolute Gasteiger partial charge is 0.172 e. The van der Waals surface area contributed by atoms with Crippen molar-refractivity contribution in [2.75, 3.05) is 11.4 Å². The fourth-order valence-electron chi connectivity index (χ4n) is 3.20. The van der Waals surface area contributed by atoms with Crippen molar-refractivity contribution < 1.29 is 5.21 Å². The van der Waals surface area contributed by atoms with Gasteiger partial charge in [0.1, 0.15) is 0 Å². The van der Waals surface area contributed by atoms with E-state index in [-0.39, 0.29) is 5.84 Å². The molecule has 2 rings (SSSR count). The standard InChI is InChI=1S/C16H25N3O/c1-3-13-9-5-4-6-11-19(13)15-12(2)8-7-10-14(15)16(17)18-20/h7-8,10,13,20H,3-6,9,11H2,1-2H3,(H2,17,18). The molecule has 20 heavy (non-hydrogen) atoms. The number of benzene rings is 1. The third-order valence-corrected chi connectivity index (χ3v) is 4.26. The van der Waals surface area contributed by atoms with Crippen LogP contribution < -0.4 is 10.6 Å². The molecule has 3 N–H and O–H groups in total. The number of aryl methyl sites for hydroxylation is 1. The minimum Gasteiger partial charge on any atom is -0.409 e. The molecule has 1 aromatic rings. The molecule has 1 unspecified atom stereocenters. The van der Waals surface area contributed by atoms with Gasteiger partial charge in [-0.15, -0.1) is 0 Å². The Morgan fingerprint density at radius 3 is 2.90 bits per heavy atom. The van der Waals surface area contributed by atoms with Gasteiger partial charge in [0.05, 0.1) is 5.69 Å². The molecule has 1 atom stereocenters. The summed E-state index contributed by atoms with van der Waals surface area (Å²) in [5.74, 6) is 0.197. The normalized spacial score (nSPS) is 20.8. The van der Waals surface area contributed by atoms with E-state index in [1.807, 2.05) is 12.1 Å². The number of nitrogens with two attached hydrogens (primary N) is 1. The third-order valence-electron chi connectivity index (χ3n) is 4.26. The summed E-state index contributed by atoms with van der Waals surface area (Å²) in [6.07, 6.45) is 6.14. The molecule has 4 heteroatoms. The lowest BCUT2D eigenvalue weighted by atomic mass is 10.0. The summed E-state index contributed by atoms with van der Waals surface area (Å²) < 4.78 is 0. The molecule has 0 radical (unpaired) electrons. The minimum absolute atomic E-state index is 0.197. The van der Waals surface area contributed by atoms with Gasteiger partial charge in [-0.25, -0.2) is 0 Å². The first-order chi connectivity index (χ1) is 9.69. The van der Waals surface area contributed by atoms with E-state index in [0.717, 1.165) is 24.2 Å². The molecule has 4 nitrogen and oxygen atoms in total. The molecular weight excluding hydrogens is 250 g/mol. The number of hydrogen-bond acceptors (Lipinski definition) is 3. The topological polar surface area (TPSA) is 61.8 Å². The number of hydrogen-bond donors (Lipinski definition) is 2. The van der Waals surface area contributed by atoms with E-state index in [2.05, 4.69) is 30.0 Å². The van der Waals surface area contributed by atoms with Crippen LogP contribution in [0.4, 0.5) is 5.69 Å². The Morgan fingerprint density at radius 2 is 2.20 bits per heavy atom. The zero-order chi connectivity index (χ0) is 14.5. The molecule has 1 saturated heterocycles. The van der Waals surface area contributed by atoms with Gasteiger partial charge in [0.15, 0.2) is 5.84 Å². The number of rotatable bonds is 3. The lowest BCUT2D eigenvalue weighted by Crippen LogP contribution is -2.36. The zero-order valence-electron chi connectivity index (χ0n) is 12.5. The maximum Gasteiger partial charge on any atom is 0.172 e. The maximum atomic E-state index is 9.03. The van der Waals surface area contributed by atoms with Crippen LogP contribution in [-0.4, -0.2) is 23.6 Å². The second kappa shape index (κ2) is 6.64. The van der Waals surface area contributed by atoms with Gasteiger partial charge in [0.2, 0.25) is 0 Å². The van der Waals surface area contributed by atoms with Crippen molar-refractivity contribution in [3.8, 4) is 0 Å². The first-order valence-electron chi connectivity index (χ1n) is 7.53. The minimum atomic E-state index is 0.197. The molecule has 0 amide bonds. The fraction of sp³-hybridized carbons (Fsp3) is 0.562. The van der Waals surface area contributed by atoms with Crippen molar-refractivity contribution in [3.05, 3.63) is 29.3 Å². The van der Waals surface area contributed by atoms with Crippen molar-refractivity contribution in [2.24, 2.45) is 10.9 Å². The summed E-state index contributed by atoms with van der Waals surface area (Å²) in [5, 5.41) is 12.2. The van der Waals surface area contributed by atoms with Gasteiger partial charge in [0.25, 0.3) is 0 Å². The van der Waals surface area contributed by atoms with Crippen LogP contribution in [0.3, 0.4) is 0 Å². The molecule has 0 aliphatic carbocycles. The highest BCUT2D eigenvalue weighted by Gasteiger charge is 2.24. The van der Waals surface area contributed by atoms with Crippen LogP contribution in [0, 0.1) is 6.92 Å². The Hall–Kier alpha value is -1.71. The van der Waals surface area contributed by atoms with E-state index in [1.165, 1.54) is 31.2 Å². The van der Waals surface area contributed by atoms with E-state index in [0.29, 0.717) is 6.04 Å². The predicted octanol–water partition coefficient (Wildman–Crippen LogP) is 3.25. The predicted molar refractivity (Wildman–Crippen MR) is 83.6 cm³/mol. The highest BCUT2D eigenvalue weighted by molar-refractivity contribution is 6.02. The lowest BCUT2D eigenvalue weighted by molar-refractivity contribution is 0.318. The fourth-order valence-corrected chi connectivity index (χ4v) is 3.20. The second-order valence-corrected chi connectivity index (χ2v) is 5.56. The molecular formula is C16H25N3O. The van der Waals surface area contributed by atoms with Gasteiger partial charge in [-0.1, -0.05) is 37.1 Å². The van der Waals surface area contributed by atoms with E-state index < -0.39 is 0 Å². The zero-order valence-corrected chi connectivity index (χ0v) is 12.5. The van der Waals surface area contributed by atoms with Crippen LogP contribution >= 0.6 is 0 Å². The SMILES string of the molecule is CCC1CCCCCN1c1c(C)cccc1/C(N)=N/O. The van der Waals surface area contributed by atoms with Gasteiger partial charge in [-0.3, -0.25) is 0 Å². The first kappa shape index (κ1) is 14.7. The van der Waals surface area contributed by atoms with Crippen LogP contribution in [0.15, 0.2) is 23.4 Å². The molecule has 1 aliphatic heterocycles. The van der Waals surface area contributed by atoms with Crippen molar-refractivity contribution >= 4 is 11.5 Å². The van der Waals surface area contributed by atoms with Gasteiger partial charge >= 0.3 is 0 Å². The van der Waals surface area contributed by atoms with Gasteiger partial charge in [-0.2, -0.15) is 0 Å². The Bertz CT molecular complexity index is 485. The van der Waals surface area contributed by atoms with Gasteiger partial charge in [-0.05, 0) is 37.8 Å². The molecule has 0 bridgehead atoms. The summed E-state index contributed by atoms with van der Waals surface area (Å²) in [5.41, 5.74) is 9.04. The Kier molecular flexibility index (Phi) is 4.88. The second-order valence-electron chi connectivity index (χ2n) is 5.56. The highest BCUT2D eigenvalue weighted by Crippen LogP contribution is 2.31. The molecule has 1 aliphatic rings. The van der Waals surface area contributed by atoms with Crippen molar-refractivity contribution in [1.82, 2.24) is 0 Å². The van der Waals surface area contributed by atoms with Crippen LogP contribution in [0.1, 0.15) is 50.2 Å². The first-order valence-corrected chi connectivity index (χ1v) is 7.53. The molecule has 0 aromatic heterocycles. The average Bonchev–Trinajstić information content (AvgIpc) is 2.71. The number of amidine groups is 1. The Balaban J connectivity index is 2.48. The highest BCUT2D eigenvalue weighted by atomic mass is 16.4. The third kappa shape index (κ3) is 2.89. The van der Waals surface area contributed by atoms with Crippen molar-refractivity contribution in [3.63, 3.8) is 0 Å². The van der Waals surface area contributed by atoms with Crippen molar-refractivity contribution in [2.45, 2.75) is 52.0 Å². The largest absolute Gasteiger partial charge is 0.409 e. The monoisotopic (exact) mass is 275 g/mol. The van der Waals surface area contributed by atoms with Crippen LogP contribution in [0.2, 0.25) is 0 Å². The summed E-state index contributed by atoms with van der Waals surface area (Å²) in [7, 11) is 0. The summed E-state index contributed by atoms with van der Waals surface area (Å²) >= 11 is 0. The number of anilines is 1. The average molecular weight is 275 g/mol. The Labute approximate surface area is 121 Å². The number of nitrogens with zero attached hydrogens (tertiary/aromatic N) is 2. The van der Waals surface area contributed by atoms with Gasteiger partial charge in [0, 0.05) is 18.2 Å². The van der Waals surface area contributed by atoms with E-state index >= 15 is 0 Å².